The third kappa shape index (κ3) is 3.25. The lowest BCUT2D eigenvalue weighted by atomic mass is 10.2. The number of halogens is 3. The van der Waals surface area contributed by atoms with Crippen LogP contribution in [0.4, 0.5) is 5.69 Å². The van der Waals surface area contributed by atoms with Gasteiger partial charge in [0.1, 0.15) is 0 Å². The second-order valence-electron chi connectivity index (χ2n) is 2.71. The number of rotatable bonds is 2. The Labute approximate surface area is 118 Å². The Balaban J connectivity index is 3.51. The number of alkyl halides is 3. The Morgan fingerprint density at radius 3 is 2.19 bits per heavy atom. The average Bonchev–Trinajstić information content (AvgIpc) is 2.15. The molecule has 0 aliphatic carbocycles. The largest absolute Gasteiger partial charge is 0.269 e. The first-order chi connectivity index (χ1) is 7.23. The second-order valence-corrected chi connectivity index (χ2v) is 10.5. The summed E-state index contributed by atoms with van der Waals surface area (Å²) in [5, 5.41) is 10.6. The zero-order valence-electron chi connectivity index (χ0n) is 7.39. The van der Waals surface area contributed by atoms with Gasteiger partial charge in [-0.2, -0.15) is 0 Å². The Hall–Kier alpha value is 0.01000. The van der Waals surface area contributed by atoms with Crippen molar-refractivity contribution in [1.82, 2.24) is 0 Å². The van der Waals surface area contributed by atoms with Gasteiger partial charge in [0.05, 0.1) is 9.82 Å². The first-order valence-electron chi connectivity index (χ1n) is 3.73. The lowest BCUT2D eigenvalue weighted by Gasteiger charge is -2.14. The van der Waals surface area contributed by atoms with Crippen LogP contribution in [-0.4, -0.2) is 13.3 Å². The summed E-state index contributed by atoms with van der Waals surface area (Å²) < 4.78 is 20.9. The number of nitrogens with zero attached hydrogens (tertiary/aromatic N) is 1. The maximum Gasteiger partial charge on any atom is 0.269 e. The van der Waals surface area contributed by atoms with Crippen molar-refractivity contribution >= 4 is 64.2 Å². The average molecular weight is 438 g/mol. The summed E-state index contributed by atoms with van der Waals surface area (Å²) in [6.45, 7) is 0. The normalized spacial score (nSPS) is 11.8. The van der Waals surface area contributed by atoms with Gasteiger partial charge >= 0.3 is 0 Å². The van der Waals surface area contributed by atoms with Crippen molar-refractivity contribution in [1.29, 1.82) is 0 Å². The van der Waals surface area contributed by atoms with Gasteiger partial charge in [0.2, 0.25) is 0 Å². The third-order valence-electron chi connectivity index (χ3n) is 1.69. The summed E-state index contributed by atoms with van der Waals surface area (Å²) in [5.41, 5.74) is 0.0381. The summed E-state index contributed by atoms with van der Waals surface area (Å²) in [5.74, 6) is 0. The van der Waals surface area contributed by atoms with E-state index in [9.17, 15) is 18.5 Å². The number of benzene rings is 1. The highest BCUT2D eigenvalue weighted by Crippen LogP contribution is 2.47. The minimum atomic E-state index is -2.82. The highest BCUT2D eigenvalue weighted by atomic mass is 80.0. The molecule has 0 N–H and O–H groups in total. The van der Waals surface area contributed by atoms with E-state index < -0.39 is 17.8 Å². The van der Waals surface area contributed by atoms with Gasteiger partial charge in [-0.3, -0.25) is 10.1 Å². The van der Waals surface area contributed by atoms with Crippen LogP contribution in [-0.2, 0) is 12.8 Å². The third-order valence-corrected chi connectivity index (χ3v) is 3.76. The lowest BCUT2D eigenvalue weighted by Crippen LogP contribution is -2.04. The van der Waals surface area contributed by atoms with Crippen LogP contribution >= 0.6 is 47.8 Å². The van der Waals surface area contributed by atoms with E-state index in [4.69, 9.17) is 0 Å². The zero-order valence-corrected chi connectivity index (χ0v) is 13.0. The van der Waals surface area contributed by atoms with Crippen LogP contribution in [0.15, 0.2) is 23.1 Å². The maximum atomic E-state index is 11.0. The molecule has 1 aromatic carbocycles. The number of non-ortho nitro benzene ring substituents is 1. The fourth-order valence-electron chi connectivity index (χ4n) is 1.02. The minimum absolute atomic E-state index is 0.00576. The molecule has 0 unspecified atom stereocenters. The molecule has 0 saturated carbocycles. The number of thiol groups is 1. The molecular formula is C7H4Br3NO4S. The molecule has 0 saturated heterocycles. The van der Waals surface area contributed by atoms with Crippen LogP contribution < -0.4 is 0 Å². The Morgan fingerprint density at radius 1 is 1.25 bits per heavy atom. The van der Waals surface area contributed by atoms with Gasteiger partial charge in [-0.25, -0.2) is 8.42 Å². The summed E-state index contributed by atoms with van der Waals surface area (Å²) in [6, 6.07) is 3.51. The molecule has 1 aromatic rings. The molecule has 5 nitrogen and oxygen atoms in total. The van der Waals surface area contributed by atoms with Crippen molar-refractivity contribution < 1.29 is 13.3 Å². The molecule has 0 atom stereocenters. The maximum absolute atomic E-state index is 11.0. The molecule has 0 bridgehead atoms. The van der Waals surface area contributed by atoms with Gasteiger partial charge in [-0.15, -0.1) is 0 Å². The van der Waals surface area contributed by atoms with Crippen molar-refractivity contribution in [3.8, 4) is 0 Å². The van der Waals surface area contributed by atoms with E-state index in [2.05, 4.69) is 47.8 Å². The topological polar surface area (TPSA) is 77.3 Å². The highest BCUT2D eigenvalue weighted by Gasteiger charge is 2.27. The van der Waals surface area contributed by atoms with E-state index in [1.807, 2.05) is 0 Å². The van der Waals surface area contributed by atoms with Crippen molar-refractivity contribution in [2.75, 3.05) is 0 Å². The van der Waals surface area contributed by atoms with E-state index in [1.54, 1.807) is 0 Å². The molecule has 16 heavy (non-hydrogen) atoms. The smallest absolute Gasteiger partial charge is 0.258 e. The van der Waals surface area contributed by atoms with E-state index in [-0.39, 0.29) is 16.1 Å². The fourth-order valence-corrected chi connectivity index (χ4v) is 3.09. The SMILES string of the molecule is O=[N+]([O-])c1ccc([SH](=O)=O)c(C(Br)(Br)Br)c1. The van der Waals surface area contributed by atoms with Gasteiger partial charge in [0.15, 0.2) is 12.8 Å². The molecule has 0 spiro atoms. The van der Waals surface area contributed by atoms with Gasteiger partial charge in [0, 0.05) is 17.7 Å². The van der Waals surface area contributed by atoms with Crippen LogP contribution in [0.1, 0.15) is 5.56 Å². The van der Waals surface area contributed by atoms with Gasteiger partial charge < -0.3 is 0 Å². The molecule has 0 fully saturated rings. The quantitative estimate of drug-likeness (QED) is 0.334. The first-order valence-corrected chi connectivity index (χ1v) is 7.29. The molecule has 9 heteroatoms. The molecule has 0 heterocycles. The van der Waals surface area contributed by atoms with Gasteiger partial charge in [-0.05, 0) is 6.07 Å². The summed E-state index contributed by atoms with van der Waals surface area (Å²) in [4.78, 5) is 9.98. The fraction of sp³-hybridized carbons (Fsp3) is 0.143. The Bertz CT molecular complexity index is 501. The molecule has 88 valence electrons. The predicted molar refractivity (Wildman–Crippen MR) is 70.1 cm³/mol. The molecule has 0 aliphatic heterocycles. The van der Waals surface area contributed by atoms with Crippen molar-refractivity contribution in [2.24, 2.45) is 0 Å². The monoisotopic (exact) mass is 435 g/mol. The van der Waals surface area contributed by atoms with Crippen molar-refractivity contribution in [3.63, 3.8) is 0 Å². The van der Waals surface area contributed by atoms with E-state index >= 15 is 0 Å². The number of hydrogen-bond acceptors (Lipinski definition) is 4. The molecule has 0 radical (unpaired) electrons. The summed E-state index contributed by atoms with van der Waals surface area (Å²) >= 11 is 9.40. The van der Waals surface area contributed by atoms with Gasteiger partial charge in [-0.1, -0.05) is 47.8 Å². The standard InChI is InChI=1S/C7H4Br3NO4S/c8-7(9,10)5-3-4(11(12)13)1-2-6(5)16(14)15/h1-3,16H. The molecule has 0 amide bonds. The lowest BCUT2D eigenvalue weighted by molar-refractivity contribution is -0.385. The predicted octanol–water partition coefficient (Wildman–Crippen LogP) is 2.86. The first kappa shape index (κ1) is 14.1. The van der Waals surface area contributed by atoms with Crippen molar-refractivity contribution in [3.05, 3.63) is 33.9 Å². The van der Waals surface area contributed by atoms with Crippen LogP contribution in [0, 0.1) is 10.1 Å². The minimum Gasteiger partial charge on any atom is -0.258 e. The van der Waals surface area contributed by atoms with Crippen LogP contribution in [0.2, 0.25) is 0 Å². The van der Waals surface area contributed by atoms with E-state index in [0.29, 0.717) is 0 Å². The van der Waals surface area contributed by atoms with E-state index in [0.717, 1.165) is 6.07 Å². The van der Waals surface area contributed by atoms with Gasteiger partial charge in [0.25, 0.3) is 5.69 Å². The highest BCUT2D eigenvalue weighted by molar-refractivity contribution is 9.38. The zero-order chi connectivity index (χ0) is 12.5. The van der Waals surface area contributed by atoms with Crippen LogP contribution in [0.3, 0.4) is 0 Å². The van der Waals surface area contributed by atoms with Crippen LogP contribution in [0.5, 0.6) is 0 Å². The molecule has 0 aliphatic rings. The van der Waals surface area contributed by atoms with Crippen molar-refractivity contribution in [2.45, 2.75) is 7.04 Å². The Kier molecular flexibility index (Phi) is 4.49. The summed E-state index contributed by atoms with van der Waals surface area (Å²) in [6.07, 6.45) is 0. The van der Waals surface area contributed by atoms with E-state index in [1.165, 1.54) is 12.1 Å². The number of nitro groups is 1. The molecule has 1 rings (SSSR count). The molecule has 0 aromatic heterocycles. The molecular weight excluding hydrogens is 434 g/mol. The second kappa shape index (κ2) is 5.11. The number of hydrogen-bond donors (Lipinski definition) is 1. The Morgan fingerprint density at radius 2 is 1.81 bits per heavy atom. The number of nitro benzene ring substituents is 1. The van der Waals surface area contributed by atoms with Crippen LogP contribution in [0.25, 0.3) is 0 Å². The summed E-state index contributed by atoms with van der Waals surface area (Å²) in [7, 11) is -2.82.